The third-order valence-corrected chi connectivity index (χ3v) is 11.9. The van der Waals surface area contributed by atoms with Crippen molar-refractivity contribution in [1.29, 1.82) is 0 Å². The molecule has 0 saturated carbocycles. The molecule has 1 N–H and O–H groups in total. The number of carbonyl (C=O) groups excluding carboxylic acids is 3. The largest absolute Gasteiger partial charge is 0.371 e. The molecule has 3 aromatic rings. The lowest BCUT2D eigenvalue weighted by Crippen LogP contribution is -2.46. The maximum absolute atomic E-state index is 14.7. The highest BCUT2D eigenvalue weighted by Crippen LogP contribution is 2.43. The molecule has 2 aromatic carbocycles. The first-order valence-corrected chi connectivity index (χ1v) is 19.0. The fraction of sp³-hybridized carbons (Fsp3) is 0.500. The highest BCUT2D eigenvalue weighted by atomic mass is 19.3. The summed E-state index contributed by atoms with van der Waals surface area (Å²) in [6.45, 7) is 6.72. The predicted molar refractivity (Wildman–Crippen MR) is 199 cm³/mol. The van der Waals surface area contributed by atoms with Crippen LogP contribution in [0.1, 0.15) is 89.8 Å². The molecular formula is C40H48F2N8O3. The molecule has 1 aromatic heterocycles. The molecule has 6 heterocycles. The van der Waals surface area contributed by atoms with E-state index in [2.05, 4.69) is 19.9 Å². The van der Waals surface area contributed by atoms with Crippen molar-refractivity contribution >= 4 is 40.9 Å². The van der Waals surface area contributed by atoms with Crippen molar-refractivity contribution in [1.82, 2.24) is 30.0 Å². The Hall–Kier alpha value is -4.78. The molecule has 280 valence electrons. The summed E-state index contributed by atoms with van der Waals surface area (Å²) >= 11 is 0. The number of aryl methyl sites for hydroxylation is 1. The number of rotatable bonds is 7. The number of anilines is 3. The Morgan fingerprint density at radius 2 is 1.70 bits per heavy atom. The standard InChI is InChI=1S/C40H48F2N8O3/c1-26(52)48-19-13-36-35(24-48)39(49-14-3-4-29-20-33(30-22-43-45(2)23-30)34(38(41)42)21-37(29)49)44-50(36)32-11-17-47(18-12-32)40(53)28-9-15-46(16-10-28)31-7-5-27(25-51)6-8-31/h5-8,20-21,23,25,28,32,38,43H,3-4,9-19,22,24H2,1-2H3. The number of hydrazine groups is 1. The second-order valence-corrected chi connectivity index (χ2v) is 15.1. The monoisotopic (exact) mass is 726 g/mol. The average molecular weight is 727 g/mol. The van der Waals surface area contributed by atoms with Gasteiger partial charge in [0.15, 0.2) is 5.82 Å². The van der Waals surface area contributed by atoms with E-state index >= 15 is 0 Å². The van der Waals surface area contributed by atoms with E-state index < -0.39 is 6.43 Å². The number of fused-ring (bicyclic) bond motifs is 2. The first-order chi connectivity index (χ1) is 25.7. The van der Waals surface area contributed by atoms with Crippen molar-refractivity contribution in [2.24, 2.45) is 5.92 Å². The molecule has 13 heteroatoms. The van der Waals surface area contributed by atoms with Crippen LogP contribution in [-0.4, -0.2) is 95.6 Å². The van der Waals surface area contributed by atoms with Gasteiger partial charge in [-0.15, -0.1) is 0 Å². The molecular weight excluding hydrogens is 678 g/mol. The molecule has 0 aliphatic carbocycles. The molecule has 0 radical (unpaired) electrons. The molecule has 5 aliphatic rings. The van der Waals surface area contributed by atoms with Gasteiger partial charge in [0.1, 0.15) is 6.29 Å². The van der Waals surface area contributed by atoms with E-state index in [0.29, 0.717) is 56.8 Å². The van der Waals surface area contributed by atoms with Gasteiger partial charge in [-0.2, -0.15) is 5.10 Å². The smallest absolute Gasteiger partial charge is 0.264 e. The third-order valence-electron chi connectivity index (χ3n) is 11.9. The highest BCUT2D eigenvalue weighted by molar-refractivity contribution is 5.80. The van der Waals surface area contributed by atoms with E-state index in [1.807, 2.05) is 53.4 Å². The van der Waals surface area contributed by atoms with Crippen LogP contribution in [-0.2, 0) is 29.0 Å². The number of amides is 2. The Morgan fingerprint density at radius 3 is 2.36 bits per heavy atom. The summed E-state index contributed by atoms with van der Waals surface area (Å²) in [4.78, 5) is 45.6. The first kappa shape index (κ1) is 35.3. The zero-order chi connectivity index (χ0) is 36.8. The number of benzene rings is 2. The summed E-state index contributed by atoms with van der Waals surface area (Å²) in [5.74, 6) is 0.996. The van der Waals surface area contributed by atoms with E-state index in [1.165, 1.54) is 0 Å². The van der Waals surface area contributed by atoms with Crippen LogP contribution in [0, 0.1) is 5.92 Å². The van der Waals surface area contributed by atoms with Crippen molar-refractivity contribution in [3.8, 4) is 0 Å². The van der Waals surface area contributed by atoms with Crippen LogP contribution < -0.4 is 15.2 Å². The summed E-state index contributed by atoms with van der Waals surface area (Å²) in [7, 11) is 1.87. The van der Waals surface area contributed by atoms with Crippen LogP contribution in [0.2, 0.25) is 0 Å². The van der Waals surface area contributed by atoms with Gasteiger partial charge < -0.3 is 24.6 Å². The maximum atomic E-state index is 14.7. The zero-order valence-corrected chi connectivity index (χ0v) is 30.6. The number of piperidine rings is 2. The summed E-state index contributed by atoms with van der Waals surface area (Å²) < 4.78 is 31.5. The van der Waals surface area contributed by atoms with Crippen molar-refractivity contribution < 1.29 is 23.2 Å². The number of aromatic nitrogens is 2. The molecule has 53 heavy (non-hydrogen) atoms. The molecule has 0 atom stereocenters. The Morgan fingerprint density at radius 1 is 0.943 bits per heavy atom. The van der Waals surface area contributed by atoms with Gasteiger partial charge in [-0.25, -0.2) is 14.2 Å². The van der Waals surface area contributed by atoms with Crippen molar-refractivity contribution in [2.45, 2.75) is 70.9 Å². The number of likely N-dealkylation sites (tertiary alicyclic amines) is 1. The fourth-order valence-corrected chi connectivity index (χ4v) is 8.98. The van der Waals surface area contributed by atoms with E-state index in [0.717, 1.165) is 97.5 Å². The summed E-state index contributed by atoms with van der Waals surface area (Å²) in [6.07, 6.45) is 5.59. The molecule has 0 unspecified atom stereocenters. The minimum absolute atomic E-state index is 0.00127. The Bertz CT molecular complexity index is 1910. The average Bonchev–Trinajstić information content (AvgIpc) is 3.80. The Labute approximate surface area is 309 Å². The van der Waals surface area contributed by atoms with E-state index in [9.17, 15) is 23.2 Å². The fourth-order valence-electron chi connectivity index (χ4n) is 8.98. The van der Waals surface area contributed by atoms with Crippen LogP contribution in [0.3, 0.4) is 0 Å². The van der Waals surface area contributed by atoms with Gasteiger partial charge in [-0.05, 0) is 91.6 Å². The number of carbonyl (C=O) groups is 3. The number of halogens is 2. The Kier molecular flexibility index (Phi) is 9.69. The number of hydrogen-bond donors (Lipinski definition) is 1. The molecule has 0 spiro atoms. The third kappa shape index (κ3) is 6.79. The van der Waals surface area contributed by atoms with Gasteiger partial charge in [0, 0.05) is 112 Å². The molecule has 2 amide bonds. The SMILES string of the molecule is CC(=O)N1CCc2c(c(N3CCCc4cc(C5=CN(C)NC5)c(C(F)F)cc43)nn2C2CCN(C(=O)C3CCN(c4ccc(C=O)cc4)CC3)CC2)C1. The second kappa shape index (κ2) is 14.6. The van der Waals surface area contributed by atoms with E-state index in [4.69, 9.17) is 5.10 Å². The first-order valence-electron chi connectivity index (χ1n) is 19.0. The van der Waals surface area contributed by atoms with Gasteiger partial charge in [-0.3, -0.25) is 19.1 Å². The highest BCUT2D eigenvalue weighted by Gasteiger charge is 2.36. The number of nitrogens with one attached hydrogen (secondary N) is 1. The van der Waals surface area contributed by atoms with Crippen molar-refractivity contribution in [3.63, 3.8) is 0 Å². The van der Waals surface area contributed by atoms with Gasteiger partial charge in [0.2, 0.25) is 11.8 Å². The summed E-state index contributed by atoms with van der Waals surface area (Å²) in [5, 5.41) is 7.09. The quantitative estimate of drug-likeness (QED) is 0.320. The molecule has 8 rings (SSSR count). The number of nitrogens with zero attached hydrogens (tertiary/aromatic N) is 7. The lowest BCUT2D eigenvalue weighted by Gasteiger charge is -2.38. The molecule has 2 fully saturated rings. The lowest BCUT2D eigenvalue weighted by molar-refractivity contribution is -0.137. The molecule has 5 aliphatic heterocycles. The van der Waals surface area contributed by atoms with Gasteiger partial charge >= 0.3 is 0 Å². The number of hydrogen-bond acceptors (Lipinski definition) is 8. The molecule has 11 nitrogen and oxygen atoms in total. The van der Waals surface area contributed by atoms with Crippen LogP contribution in [0.15, 0.2) is 42.6 Å². The lowest BCUT2D eigenvalue weighted by atomic mass is 9.92. The minimum atomic E-state index is -2.63. The van der Waals surface area contributed by atoms with Crippen molar-refractivity contribution in [2.75, 3.05) is 62.7 Å². The van der Waals surface area contributed by atoms with E-state index in [-0.39, 0.29) is 29.3 Å². The predicted octanol–water partition coefficient (Wildman–Crippen LogP) is 5.49. The minimum Gasteiger partial charge on any atom is -0.371 e. The summed E-state index contributed by atoms with van der Waals surface area (Å²) in [6, 6.07) is 11.3. The molecule has 2 saturated heterocycles. The van der Waals surface area contributed by atoms with Crippen LogP contribution in [0.5, 0.6) is 0 Å². The van der Waals surface area contributed by atoms with Gasteiger partial charge in [-0.1, -0.05) is 0 Å². The summed E-state index contributed by atoms with van der Waals surface area (Å²) in [5.41, 5.74) is 10.3. The van der Waals surface area contributed by atoms with Crippen molar-refractivity contribution in [3.05, 3.63) is 76.1 Å². The van der Waals surface area contributed by atoms with Crippen LogP contribution in [0.4, 0.5) is 26.0 Å². The van der Waals surface area contributed by atoms with Gasteiger partial charge in [0.05, 0.1) is 12.6 Å². The number of aldehydes is 1. The second-order valence-electron chi connectivity index (χ2n) is 15.1. The molecule has 0 bridgehead atoms. The normalized spacial score (nSPS) is 19.8. The Balaban J connectivity index is 1.01. The topological polar surface area (TPSA) is 97.3 Å². The maximum Gasteiger partial charge on any atom is 0.264 e. The van der Waals surface area contributed by atoms with Gasteiger partial charge in [0.25, 0.3) is 6.43 Å². The number of alkyl halides is 2. The van der Waals surface area contributed by atoms with Crippen LogP contribution >= 0.6 is 0 Å². The van der Waals surface area contributed by atoms with E-state index in [1.54, 1.807) is 18.0 Å². The van der Waals surface area contributed by atoms with Crippen LogP contribution in [0.25, 0.3) is 5.57 Å². The zero-order valence-electron chi connectivity index (χ0n) is 30.6.